The monoisotopic (exact) mass is 416 g/mol. The van der Waals surface area contributed by atoms with Crippen LogP contribution in [0.3, 0.4) is 0 Å². The average Bonchev–Trinajstić information content (AvgIpc) is 2.73. The van der Waals surface area contributed by atoms with Gasteiger partial charge in [-0.25, -0.2) is 0 Å². The highest BCUT2D eigenvalue weighted by molar-refractivity contribution is 6.08. The summed E-state index contributed by atoms with van der Waals surface area (Å²) in [5, 5.41) is 13.7. The molecule has 0 aliphatic carbocycles. The van der Waals surface area contributed by atoms with Crippen LogP contribution in [0.2, 0.25) is 0 Å². The van der Waals surface area contributed by atoms with Crippen LogP contribution in [0, 0.1) is 10.8 Å². The number of anilines is 1. The molecule has 2 aromatic rings. The van der Waals surface area contributed by atoms with Crippen LogP contribution in [-0.4, -0.2) is 26.0 Å². The minimum atomic E-state index is -0.294. The van der Waals surface area contributed by atoms with Gasteiger partial charge in [0.1, 0.15) is 17.2 Å². The quantitative estimate of drug-likeness (QED) is 0.246. The minimum Gasteiger partial charge on any atom is -0.496 e. The van der Waals surface area contributed by atoms with Crippen LogP contribution in [-0.2, 0) is 4.74 Å². The maximum absolute atomic E-state index is 11.6. The number of nitroso groups, excluding NO2 is 1. The van der Waals surface area contributed by atoms with Gasteiger partial charge in [-0.1, -0.05) is 25.5 Å². The lowest BCUT2D eigenvalue weighted by atomic mass is 9.96. The number of hydrogen-bond acceptors (Lipinski definition) is 7. The van der Waals surface area contributed by atoms with Gasteiger partial charge in [-0.3, -0.25) is 10.7 Å². The first-order chi connectivity index (χ1) is 14.4. The lowest BCUT2D eigenvalue weighted by molar-refractivity contribution is 0.0460. The Bertz CT molecular complexity index is 904. The Kier molecular flexibility index (Phi) is 8.62. The lowest BCUT2D eigenvalue weighted by Crippen LogP contribution is -2.09. The summed E-state index contributed by atoms with van der Waals surface area (Å²) in [6, 6.07) is 4.94. The highest BCUT2D eigenvalue weighted by Crippen LogP contribution is 2.48. The van der Waals surface area contributed by atoms with Crippen molar-refractivity contribution in [2.45, 2.75) is 46.6 Å². The van der Waals surface area contributed by atoms with Crippen LogP contribution in [0.5, 0.6) is 11.5 Å². The number of nitrogens with zero attached hydrogens (tertiary/aromatic N) is 1. The minimum absolute atomic E-state index is 0.198. The highest BCUT2D eigenvalue weighted by Gasteiger charge is 2.25. The molecule has 0 aromatic heterocycles. The molecule has 0 amide bonds. The molecule has 1 atom stereocenters. The molecule has 7 nitrogen and oxygen atoms in total. The summed E-state index contributed by atoms with van der Waals surface area (Å²) in [5.41, 5.74) is 4.70. The van der Waals surface area contributed by atoms with Crippen molar-refractivity contribution in [2.75, 3.05) is 26.3 Å². The van der Waals surface area contributed by atoms with Gasteiger partial charge in [0.2, 0.25) is 0 Å². The van der Waals surface area contributed by atoms with Gasteiger partial charge in [-0.2, -0.15) is 0 Å². The van der Waals surface area contributed by atoms with Crippen molar-refractivity contribution in [3.63, 3.8) is 0 Å². The number of fused-ring (bicyclic) bond motifs is 1. The van der Waals surface area contributed by atoms with Gasteiger partial charge in [-0.05, 0) is 56.0 Å². The molecule has 0 spiro atoms. The topological polar surface area (TPSA) is 89.4 Å². The van der Waals surface area contributed by atoms with Gasteiger partial charge < -0.3 is 14.2 Å². The van der Waals surface area contributed by atoms with E-state index in [1.54, 1.807) is 13.2 Å². The van der Waals surface area contributed by atoms with E-state index in [1.807, 2.05) is 19.9 Å². The van der Waals surface area contributed by atoms with Gasteiger partial charge in [0.15, 0.2) is 0 Å². The molecule has 0 heterocycles. The summed E-state index contributed by atoms with van der Waals surface area (Å²) in [7, 11) is 3.09. The fraction of sp³-hybridized carbons (Fsp3) is 0.478. The lowest BCUT2D eigenvalue weighted by Gasteiger charge is -2.23. The third-order valence-electron chi connectivity index (χ3n) is 4.95. The van der Waals surface area contributed by atoms with E-state index in [2.05, 4.69) is 30.6 Å². The molecule has 0 unspecified atom stereocenters. The normalized spacial score (nSPS) is 12.0. The molecule has 0 fully saturated rings. The fourth-order valence-corrected chi connectivity index (χ4v) is 3.36. The number of benzene rings is 2. The van der Waals surface area contributed by atoms with Crippen LogP contribution < -0.4 is 15.0 Å². The highest BCUT2D eigenvalue weighted by atomic mass is 16.5. The molecule has 0 bridgehead atoms. The van der Waals surface area contributed by atoms with Crippen LogP contribution in [0.25, 0.3) is 10.8 Å². The van der Waals surface area contributed by atoms with E-state index in [4.69, 9.17) is 14.2 Å². The first-order valence-electron chi connectivity index (χ1n) is 10.1. The van der Waals surface area contributed by atoms with E-state index in [9.17, 15) is 10.1 Å². The molecule has 2 N–H and O–H groups in total. The first kappa shape index (κ1) is 23.6. The summed E-state index contributed by atoms with van der Waals surface area (Å²) in [5.74, 6) is 1.48. The SMILES string of the molecule is COc1cc([C@H](CC=C(C)C)OCCC(C)C)c(OC)c2c(N=O)ccc(NO)c12. The average molecular weight is 417 g/mol. The first-order valence-corrected chi connectivity index (χ1v) is 10.1. The predicted octanol–water partition coefficient (Wildman–Crippen LogP) is 6.52. The van der Waals surface area contributed by atoms with E-state index >= 15 is 0 Å². The van der Waals surface area contributed by atoms with Crippen molar-refractivity contribution in [1.29, 1.82) is 0 Å². The number of nitrogens with one attached hydrogen (secondary N) is 1. The molecular weight excluding hydrogens is 384 g/mol. The molecule has 2 rings (SSSR count). The van der Waals surface area contributed by atoms with Gasteiger partial charge in [-0.15, -0.1) is 4.91 Å². The second kappa shape index (κ2) is 10.9. The zero-order chi connectivity index (χ0) is 22.3. The van der Waals surface area contributed by atoms with Gasteiger partial charge in [0, 0.05) is 12.2 Å². The Labute approximate surface area is 178 Å². The summed E-state index contributed by atoms with van der Waals surface area (Å²) < 4.78 is 17.6. The Balaban J connectivity index is 2.75. The number of allylic oxidation sites excluding steroid dienone is 1. The van der Waals surface area contributed by atoms with Crippen LogP contribution in [0.1, 0.15) is 52.2 Å². The Morgan fingerprint density at radius 3 is 2.47 bits per heavy atom. The largest absolute Gasteiger partial charge is 0.496 e. The summed E-state index contributed by atoms with van der Waals surface area (Å²) in [6.45, 7) is 8.98. The third kappa shape index (κ3) is 5.29. The Morgan fingerprint density at radius 2 is 1.93 bits per heavy atom. The maximum atomic E-state index is 11.6. The molecule has 0 saturated heterocycles. The van der Waals surface area contributed by atoms with Crippen LogP contribution >= 0.6 is 0 Å². The summed E-state index contributed by atoms with van der Waals surface area (Å²) in [6.07, 6.45) is 3.39. The number of ether oxygens (including phenoxy) is 3. The van der Waals surface area contributed by atoms with Crippen LogP contribution in [0.4, 0.5) is 11.4 Å². The van der Waals surface area contributed by atoms with Crippen molar-refractivity contribution in [2.24, 2.45) is 11.1 Å². The molecule has 164 valence electrons. The second-order valence-electron chi connectivity index (χ2n) is 7.85. The van der Waals surface area contributed by atoms with Crippen LogP contribution in [0.15, 0.2) is 35.0 Å². The Hall–Kier alpha value is -2.64. The molecule has 0 saturated carbocycles. The maximum Gasteiger partial charge on any atom is 0.135 e. The van der Waals surface area contributed by atoms with E-state index < -0.39 is 0 Å². The zero-order valence-electron chi connectivity index (χ0n) is 18.6. The molecular formula is C23H32N2O5. The zero-order valence-corrected chi connectivity index (χ0v) is 18.6. The van der Waals surface area contributed by atoms with Crippen molar-refractivity contribution >= 4 is 22.1 Å². The standard InChI is InChI=1S/C23H32N2O5/c1-14(2)7-10-19(30-12-11-15(3)4)16-13-20(28-5)21-17(24-26)8-9-18(25-27)22(21)23(16)29-6/h7-9,13,15,19,24,26H,10-12H2,1-6H3/t19-/m0/s1. The molecule has 0 aliphatic heterocycles. The molecule has 2 aromatic carbocycles. The van der Waals surface area contributed by atoms with Crippen molar-refractivity contribution in [3.8, 4) is 11.5 Å². The second-order valence-corrected chi connectivity index (χ2v) is 7.85. The van der Waals surface area contributed by atoms with E-state index in [0.29, 0.717) is 46.9 Å². The summed E-state index contributed by atoms with van der Waals surface area (Å²) in [4.78, 5) is 11.6. The molecule has 7 heteroatoms. The van der Waals surface area contributed by atoms with E-state index in [-0.39, 0.29) is 11.8 Å². The van der Waals surface area contributed by atoms with Crippen molar-refractivity contribution < 1.29 is 19.4 Å². The van der Waals surface area contributed by atoms with Gasteiger partial charge >= 0.3 is 0 Å². The van der Waals surface area contributed by atoms with Gasteiger partial charge in [0.05, 0.1) is 36.8 Å². The number of methoxy groups -OCH3 is 2. The smallest absolute Gasteiger partial charge is 0.135 e. The number of hydrogen-bond donors (Lipinski definition) is 2. The summed E-state index contributed by atoms with van der Waals surface area (Å²) >= 11 is 0. The van der Waals surface area contributed by atoms with Crippen molar-refractivity contribution in [1.82, 2.24) is 0 Å². The predicted molar refractivity (Wildman–Crippen MR) is 120 cm³/mol. The molecule has 0 radical (unpaired) electrons. The Morgan fingerprint density at radius 1 is 1.20 bits per heavy atom. The fourth-order valence-electron chi connectivity index (χ4n) is 3.36. The van der Waals surface area contributed by atoms with Crippen molar-refractivity contribution in [3.05, 3.63) is 40.3 Å². The third-order valence-corrected chi connectivity index (χ3v) is 4.95. The molecule has 0 aliphatic rings. The molecule has 30 heavy (non-hydrogen) atoms. The van der Waals surface area contributed by atoms with E-state index in [0.717, 1.165) is 12.0 Å². The number of rotatable bonds is 11. The van der Waals surface area contributed by atoms with Gasteiger partial charge in [0.25, 0.3) is 0 Å². The van der Waals surface area contributed by atoms with E-state index in [1.165, 1.54) is 18.7 Å².